The first-order valence-electron chi connectivity index (χ1n) is 23.3. The number of ether oxygens (including phenoxy) is 6. The Kier molecular flexibility index (Phi) is 23.1. The van der Waals surface area contributed by atoms with E-state index in [0.29, 0.717) is 25.2 Å². The number of nitrogens with two attached hydrogens (primary N) is 1. The molecular formula is C46H76N5O13P. The van der Waals surface area contributed by atoms with Gasteiger partial charge in [0.05, 0.1) is 35.8 Å². The van der Waals surface area contributed by atoms with Gasteiger partial charge in [0.15, 0.2) is 18.0 Å². The van der Waals surface area contributed by atoms with Gasteiger partial charge in [-0.2, -0.15) is 10.4 Å². The standard InChI is InChI=1S/C46H76N5O13P/c1-10-11-12-13-14-15-16-17-18-19-20-21-22-23-27-56-28-24-29-58-65(55,60-33-57-43(54)61-34(2)3)59-30-36-38(62-41(52)44(4,5)6)39(63-42(53)45(7,8)9)46(31-47,64-36)37-26-25-35-40(48)49-32-50-51(35)37/h25-26,32,34,36,38-39H,10-24,27-30,33H2,1-9H3,(H2,48,49,50)/t36-,38-,39-,46+,65+/m1/s1. The minimum atomic E-state index is -4.62. The van der Waals surface area contributed by atoms with Crippen LogP contribution in [0.2, 0.25) is 0 Å². The van der Waals surface area contributed by atoms with Crippen LogP contribution in [-0.2, 0) is 61.7 Å². The van der Waals surface area contributed by atoms with Crippen molar-refractivity contribution in [3.63, 3.8) is 0 Å². The zero-order valence-corrected chi connectivity index (χ0v) is 41.2. The Hall–Kier alpha value is -3.85. The Bertz CT molecular complexity index is 1860. The van der Waals surface area contributed by atoms with Crippen LogP contribution in [0.4, 0.5) is 10.6 Å². The largest absolute Gasteiger partial charge is 0.510 e. The molecule has 18 nitrogen and oxygen atoms in total. The number of hydrogen-bond donors (Lipinski definition) is 1. The normalized spacial score (nSPS) is 19.8. The molecule has 1 aliphatic heterocycles. The predicted molar refractivity (Wildman–Crippen MR) is 242 cm³/mol. The van der Waals surface area contributed by atoms with Crippen LogP contribution in [0.25, 0.3) is 5.52 Å². The van der Waals surface area contributed by atoms with E-state index in [-0.39, 0.29) is 18.1 Å². The molecule has 3 rings (SSSR count). The highest BCUT2D eigenvalue weighted by atomic mass is 31.2. The third kappa shape index (κ3) is 18.1. The van der Waals surface area contributed by atoms with Gasteiger partial charge < -0.3 is 34.2 Å². The van der Waals surface area contributed by atoms with E-state index in [1.807, 2.05) is 0 Å². The van der Waals surface area contributed by atoms with Gasteiger partial charge in [-0.3, -0.25) is 18.6 Å². The Morgan fingerprint density at radius 2 is 1.40 bits per heavy atom. The first-order chi connectivity index (χ1) is 30.8. The van der Waals surface area contributed by atoms with E-state index in [2.05, 4.69) is 23.1 Å². The van der Waals surface area contributed by atoms with Crippen LogP contribution in [0, 0.1) is 22.2 Å². The number of carbonyl (C=O) groups excluding carboxylic acids is 3. The Balaban J connectivity index is 1.70. The van der Waals surface area contributed by atoms with E-state index in [1.165, 1.54) is 87.5 Å². The van der Waals surface area contributed by atoms with Gasteiger partial charge in [-0.05, 0) is 80.4 Å². The number of rotatable bonds is 30. The van der Waals surface area contributed by atoms with E-state index in [4.69, 9.17) is 47.7 Å². The number of aromatic nitrogens is 3. The second-order valence-electron chi connectivity index (χ2n) is 18.8. The van der Waals surface area contributed by atoms with E-state index in [1.54, 1.807) is 61.5 Å². The van der Waals surface area contributed by atoms with Crippen LogP contribution < -0.4 is 5.73 Å². The lowest BCUT2D eigenvalue weighted by molar-refractivity contribution is -0.179. The van der Waals surface area contributed by atoms with Gasteiger partial charge in [-0.25, -0.2) is 23.4 Å². The molecule has 1 saturated heterocycles. The zero-order valence-electron chi connectivity index (χ0n) is 40.3. The second-order valence-corrected chi connectivity index (χ2v) is 20.5. The molecule has 0 unspecified atom stereocenters. The number of carbonyl (C=O) groups is 3. The van der Waals surface area contributed by atoms with Gasteiger partial charge >= 0.3 is 25.9 Å². The molecule has 2 aromatic heterocycles. The molecule has 5 atom stereocenters. The van der Waals surface area contributed by atoms with Crippen molar-refractivity contribution in [2.24, 2.45) is 10.8 Å². The molecule has 368 valence electrons. The fourth-order valence-corrected chi connectivity index (χ4v) is 7.96. The second kappa shape index (κ2) is 27.1. The lowest BCUT2D eigenvalue weighted by atomic mass is 9.90. The average molecular weight is 938 g/mol. The highest BCUT2D eigenvalue weighted by molar-refractivity contribution is 7.48. The van der Waals surface area contributed by atoms with Crippen molar-refractivity contribution >= 4 is 37.3 Å². The first-order valence-corrected chi connectivity index (χ1v) is 24.8. The molecule has 0 spiro atoms. The number of nitrogen functional groups attached to an aromatic ring is 1. The highest BCUT2D eigenvalue weighted by Gasteiger charge is 2.63. The Morgan fingerprint density at radius 3 is 1.97 bits per heavy atom. The van der Waals surface area contributed by atoms with Gasteiger partial charge in [0, 0.05) is 13.2 Å². The molecule has 3 heterocycles. The van der Waals surface area contributed by atoms with Gasteiger partial charge in [0.25, 0.3) is 0 Å². The fourth-order valence-electron chi connectivity index (χ4n) is 6.88. The number of unbranched alkanes of at least 4 members (excludes halogenated alkanes) is 13. The van der Waals surface area contributed by atoms with Gasteiger partial charge in [0.2, 0.25) is 12.4 Å². The molecule has 2 aromatic rings. The van der Waals surface area contributed by atoms with Crippen molar-refractivity contribution < 1.29 is 60.9 Å². The van der Waals surface area contributed by atoms with E-state index in [9.17, 15) is 24.2 Å². The molecule has 65 heavy (non-hydrogen) atoms. The molecule has 0 aromatic carbocycles. The molecule has 0 radical (unpaired) electrons. The quantitative estimate of drug-likeness (QED) is 0.0252. The minimum absolute atomic E-state index is 0.0666. The monoisotopic (exact) mass is 938 g/mol. The third-order valence-corrected chi connectivity index (χ3v) is 12.0. The van der Waals surface area contributed by atoms with Crippen LogP contribution in [0.3, 0.4) is 0 Å². The molecule has 1 fully saturated rings. The molecule has 2 N–H and O–H groups in total. The molecule has 0 amide bonds. The van der Waals surface area contributed by atoms with Crippen molar-refractivity contribution in [1.82, 2.24) is 14.6 Å². The molecule has 19 heteroatoms. The summed E-state index contributed by atoms with van der Waals surface area (Å²) in [6.45, 7) is 14.4. The van der Waals surface area contributed by atoms with Crippen molar-refractivity contribution in [1.29, 1.82) is 5.26 Å². The molecule has 0 aliphatic carbocycles. The summed E-state index contributed by atoms with van der Waals surface area (Å²) >= 11 is 0. The van der Waals surface area contributed by atoms with Crippen LogP contribution in [0.15, 0.2) is 18.5 Å². The summed E-state index contributed by atoms with van der Waals surface area (Å²) in [6.07, 6.45) is 13.0. The van der Waals surface area contributed by atoms with Crippen LogP contribution in [0.1, 0.15) is 164 Å². The lowest BCUT2D eigenvalue weighted by Gasteiger charge is -2.31. The molecular weight excluding hydrogens is 862 g/mol. The maximum atomic E-state index is 14.2. The molecule has 0 saturated carbocycles. The Labute approximate surface area is 385 Å². The van der Waals surface area contributed by atoms with Crippen LogP contribution in [0.5, 0.6) is 0 Å². The maximum absolute atomic E-state index is 14.2. The topological polar surface area (TPSA) is 231 Å². The third-order valence-electron chi connectivity index (χ3n) is 10.6. The molecule has 1 aliphatic rings. The first kappa shape index (κ1) is 55.5. The van der Waals surface area contributed by atoms with E-state index < -0.39 is 80.2 Å². The summed E-state index contributed by atoms with van der Waals surface area (Å²) in [5, 5.41) is 15.3. The van der Waals surface area contributed by atoms with E-state index >= 15 is 0 Å². The van der Waals surface area contributed by atoms with Gasteiger partial charge in [-0.15, -0.1) is 0 Å². The van der Waals surface area contributed by atoms with Gasteiger partial charge in [-0.1, -0.05) is 90.4 Å². The summed E-state index contributed by atoms with van der Waals surface area (Å²) < 4.78 is 66.6. The number of phosphoric acid groups is 1. The number of fused-ring (bicyclic) bond motifs is 1. The molecule has 0 bridgehead atoms. The van der Waals surface area contributed by atoms with Crippen molar-refractivity contribution in [2.75, 3.05) is 39.0 Å². The fraction of sp³-hybridized carbons (Fsp3) is 0.783. The summed E-state index contributed by atoms with van der Waals surface area (Å²) in [7, 11) is -4.62. The van der Waals surface area contributed by atoms with Crippen molar-refractivity contribution in [3.05, 3.63) is 24.2 Å². The van der Waals surface area contributed by atoms with Gasteiger partial charge in [0.1, 0.15) is 24.0 Å². The highest BCUT2D eigenvalue weighted by Crippen LogP contribution is 2.52. The van der Waals surface area contributed by atoms with Crippen LogP contribution >= 0.6 is 7.82 Å². The summed E-state index contributed by atoms with van der Waals surface area (Å²) in [5.74, 6) is -1.38. The zero-order chi connectivity index (χ0) is 48.1. The lowest BCUT2D eigenvalue weighted by Crippen LogP contribution is -2.48. The number of anilines is 1. The smallest absolute Gasteiger partial charge is 0.455 e. The Morgan fingerprint density at radius 1 is 0.831 bits per heavy atom. The number of esters is 2. The average Bonchev–Trinajstić information content (AvgIpc) is 3.80. The summed E-state index contributed by atoms with van der Waals surface area (Å²) in [5.41, 5.74) is 2.16. The van der Waals surface area contributed by atoms with E-state index in [0.717, 1.165) is 19.3 Å². The number of hydrogen-bond acceptors (Lipinski definition) is 17. The minimum Gasteiger partial charge on any atom is -0.455 e. The SMILES string of the molecule is CCCCCCCCCCCCCCCCOCCCO[P@](=O)(OCOC(=O)OC(C)C)OC[C@H]1O[C@@](C#N)(c2ccc3c(N)ncnn23)[C@H](OC(=O)C(C)(C)C)[C@@H]1OC(=O)C(C)(C)C. The summed E-state index contributed by atoms with van der Waals surface area (Å²) in [6, 6.07) is 5.19. The number of phosphoric ester groups is 1. The number of nitriles is 1. The summed E-state index contributed by atoms with van der Waals surface area (Å²) in [4.78, 5) is 43.3. The maximum Gasteiger partial charge on any atom is 0.510 e. The van der Waals surface area contributed by atoms with Crippen LogP contribution in [-0.4, -0.2) is 90.3 Å². The van der Waals surface area contributed by atoms with Crippen molar-refractivity contribution in [2.45, 2.75) is 189 Å². The van der Waals surface area contributed by atoms with Crippen molar-refractivity contribution in [3.8, 4) is 6.07 Å². The predicted octanol–water partition coefficient (Wildman–Crippen LogP) is 9.91. The number of nitrogens with zero attached hydrogens (tertiary/aromatic N) is 4.